The summed E-state index contributed by atoms with van der Waals surface area (Å²) in [6.07, 6.45) is 0. The van der Waals surface area contributed by atoms with Crippen LogP contribution < -0.4 is 5.32 Å². The quantitative estimate of drug-likeness (QED) is 0.756. The summed E-state index contributed by atoms with van der Waals surface area (Å²) in [7, 11) is 0. The maximum Gasteiger partial charge on any atom is 0.124 e. The van der Waals surface area contributed by atoms with Gasteiger partial charge in [-0.05, 0) is 31.4 Å². The summed E-state index contributed by atoms with van der Waals surface area (Å²) < 4.78 is 0. The Morgan fingerprint density at radius 2 is 1.53 bits per heavy atom. The van der Waals surface area contributed by atoms with Crippen LogP contribution in [-0.4, -0.2) is 16.3 Å². The molecule has 0 radical (unpaired) electrons. The van der Waals surface area contributed by atoms with Crippen LogP contribution >= 0.6 is 0 Å². The second kappa shape index (κ2) is 4.96. The summed E-state index contributed by atoms with van der Waals surface area (Å²) in [5, 5.41) is 23.0. The number of benzene rings is 1. The van der Waals surface area contributed by atoms with E-state index in [2.05, 4.69) is 33.0 Å². The molecule has 96 valence electrons. The lowest BCUT2D eigenvalue weighted by Crippen LogP contribution is -2.39. The van der Waals surface area contributed by atoms with Gasteiger partial charge in [0.25, 0.3) is 0 Å². The van der Waals surface area contributed by atoms with Gasteiger partial charge in [0.15, 0.2) is 0 Å². The number of hydrogen-bond acceptors (Lipinski definition) is 3. The minimum Gasteiger partial charge on any atom is -0.507 e. The van der Waals surface area contributed by atoms with Crippen LogP contribution in [0.4, 0.5) is 0 Å². The fourth-order valence-electron chi connectivity index (χ4n) is 1.69. The average molecular weight is 237 g/mol. The Kier molecular flexibility index (Phi) is 4.04. The molecule has 17 heavy (non-hydrogen) atoms. The van der Waals surface area contributed by atoms with E-state index >= 15 is 0 Å². The molecular formula is C14H23NO2. The van der Waals surface area contributed by atoms with Crippen molar-refractivity contribution in [1.82, 2.24) is 5.32 Å². The van der Waals surface area contributed by atoms with Gasteiger partial charge in [0, 0.05) is 12.1 Å². The first-order valence-electron chi connectivity index (χ1n) is 6.00. The van der Waals surface area contributed by atoms with Crippen molar-refractivity contribution < 1.29 is 10.2 Å². The number of rotatable bonds is 3. The van der Waals surface area contributed by atoms with Gasteiger partial charge in [-0.1, -0.05) is 26.8 Å². The van der Waals surface area contributed by atoms with Crippen LogP contribution in [0.2, 0.25) is 0 Å². The van der Waals surface area contributed by atoms with E-state index in [9.17, 15) is 10.2 Å². The Balaban J connectivity index is 2.87. The lowest BCUT2D eigenvalue weighted by molar-refractivity contribution is 0.264. The summed E-state index contributed by atoms with van der Waals surface area (Å²) in [5.41, 5.74) is 0.692. The average Bonchev–Trinajstić information content (AvgIpc) is 2.15. The van der Waals surface area contributed by atoms with Crippen molar-refractivity contribution in [3.63, 3.8) is 0 Å². The maximum atomic E-state index is 9.78. The van der Waals surface area contributed by atoms with Gasteiger partial charge in [-0.15, -0.1) is 0 Å². The summed E-state index contributed by atoms with van der Waals surface area (Å²) in [6, 6.07) is 5.00. The monoisotopic (exact) mass is 237 g/mol. The Hall–Kier alpha value is -1.22. The standard InChI is InChI=1S/C14H23NO2/c1-9(15-10(2)14(3,4)5)13-11(16)7-6-8-12(13)17/h6-10,15-17H,1-5H3. The van der Waals surface area contributed by atoms with Crippen LogP contribution in [0, 0.1) is 5.41 Å². The Morgan fingerprint density at radius 1 is 1.06 bits per heavy atom. The number of phenols is 2. The van der Waals surface area contributed by atoms with E-state index in [-0.39, 0.29) is 29.0 Å². The minimum absolute atomic E-state index is 0.0922. The molecule has 1 aromatic rings. The highest BCUT2D eigenvalue weighted by Crippen LogP contribution is 2.33. The molecule has 3 N–H and O–H groups in total. The van der Waals surface area contributed by atoms with Gasteiger partial charge in [0.05, 0.1) is 5.56 Å². The van der Waals surface area contributed by atoms with Crippen LogP contribution in [0.5, 0.6) is 11.5 Å². The molecule has 3 heteroatoms. The molecule has 0 saturated carbocycles. The lowest BCUT2D eigenvalue weighted by atomic mass is 9.87. The zero-order valence-electron chi connectivity index (χ0n) is 11.3. The van der Waals surface area contributed by atoms with Crippen LogP contribution in [0.15, 0.2) is 18.2 Å². The van der Waals surface area contributed by atoms with Gasteiger partial charge < -0.3 is 15.5 Å². The second-order valence-electron chi connectivity index (χ2n) is 5.69. The number of hydrogen-bond donors (Lipinski definition) is 3. The zero-order valence-corrected chi connectivity index (χ0v) is 11.3. The molecule has 0 aliphatic heterocycles. The molecule has 0 fully saturated rings. The highest BCUT2D eigenvalue weighted by Gasteiger charge is 2.23. The fraction of sp³-hybridized carbons (Fsp3) is 0.571. The Morgan fingerprint density at radius 3 is 1.94 bits per heavy atom. The third kappa shape index (κ3) is 3.37. The molecule has 0 heterocycles. The molecule has 2 atom stereocenters. The highest BCUT2D eigenvalue weighted by molar-refractivity contribution is 5.44. The van der Waals surface area contributed by atoms with E-state index in [0.717, 1.165) is 0 Å². The van der Waals surface area contributed by atoms with Crippen LogP contribution in [0.1, 0.15) is 46.2 Å². The van der Waals surface area contributed by atoms with Gasteiger partial charge in [0.1, 0.15) is 11.5 Å². The predicted octanol–water partition coefficient (Wildman–Crippen LogP) is 3.18. The van der Waals surface area contributed by atoms with Crippen LogP contribution in [-0.2, 0) is 0 Å². The first-order chi connectivity index (χ1) is 7.73. The molecule has 0 spiro atoms. The predicted molar refractivity (Wildman–Crippen MR) is 70.2 cm³/mol. The topological polar surface area (TPSA) is 52.5 Å². The molecule has 2 unspecified atom stereocenters. The van der Waals surface area contributed by atoms with Crippen molar-refractivity contribution in [2.24, 2.45) is 5.41 Å². The number of nitrogens with one attached hydrogen (secondary N) is 1. The van der Waals surface area contributed by atoms with E-state index in [4.69, 9.17) is 0 Å². The Bertz CT molecular complexity index is 362. The molecule has 0 aromatic heterocycles. The highest BCUT2D eigenvalue weighted by atomic mass is 16.3. The van der Waals surface area contributed by atoms with Crippen molar-refractivity contribution in [3.05, 3.63) is 23.8 Å². The van der Waals surface area contributed by atoms with Gasteiger partial charge in [-0.3, -0.25) is 0 Å². The summed E-state index contributed by atoms with van der Waals surface area (Å²) in [6.45, 7) is 10.5. The van der Waals surface area contributed by atoms with Gasteiger partial charge in [-0.25, -0.2) is 0 Å². The van der Waals surface area contributed by atoms with Gasteiger partial charge >= 0.3 is 0 Å². The third-order valence-electron chi connectivity index (χ3n) is 3.29. The smallest absolute Gasteiger partial charge is 0.124 e. The van der Waals surface area contributed by atoms with Crippen molar-refractivity contribution in [3.8, 4) is 11.5 Å². The third-order valence-corrected chi connectivity index (χ3v) is 3.29. The van der Waals surface area contributed by atoms with Crippen molar-refractivity contribution in [2.75, 3.05) is 0 Å². The van der Waals surface area contributed by atoms with Crippen LogP contribution in [0.25, 0.3) is 0 Å². The molecule has 0 amide bonds. The van der Waals surface area contributed by atoms with Crippen molar-refractivity contribution in [2.45, 2.75) is 46.7 Å². The lowest BCUT2D eigenvalue weighted by Gasteiger charge is -2.31. The van der Waals surface area contributed by atoms with Crippen LogP contribution in [0.3, 0.4) is 0 Å². The summed E-state index contributed by atoms with van der Waals surface area (Å²) >= 11 is 0. The number of aromatic hydroxyl groups is 2. The molecule has 1 aromatic carbocycles. The first kappa shape index (κ1) is 13.8. The molecule has 0 aliphatic rings. The first-order valence-corrected chi connectivity index (χ1v) is 6.00. The number of phenolic OH excluding ortho intramolecular Hbond substituents is 2. The zero-order chi connectivity index (χ0) is 13.2. The van der Waals surface area contributed by atoms with E-state index in [1.807, 2.05) is 6.92 Å². The maximum absolute atomic E-state index is 9.78. The van der Waals surface area contributed by atoms with E-state index in [0.29, 0.717) is 5.56 Å². The molecule has 1 rings (SSSR count). The van der Waals surface area contributed by atoms with Crippen molar-refractivity contribution in [1.29, 1.82) is 0 Å². The van der Waals surface area contributed by atoms with E-state index < -0.39 is 0 Å². The molecular weight excluding hydrogens is 214 g/mol. The molecule has 0 saturated heterocycles. The molecule has 0 aliphatic carbocycles. The minimum atomic E-state index is -0.0922. The fourth-order valence-corrected chi connectivity index (χ4v) is 1.69. The molecule has 3 nitrogen and oxygen atoms in total. The SMILES string of the molecule is CC(NC(C)C(C)(C)C)c1c(O)cccc1O. The largest absolute Gasteiger partial charge is 0.507 e. The second-order valence-corrected chi connectivity index (χ2v) is 5.69. The Labute approximate surface area is 103 Å². The summed E-state index contributed by atoms with van der Waals surface area (Å²) in [5.74, 6) is 0.261. The van der Waals surface area contributed by atoms with E-state index in [1.54, 1.807) is 18.2 Å². The molecule has 0 bridgehead atoms. The van der Waals surface area contributed by atoms with E-state index in [1.165, 1.54) is 0 Å². The van der Waals surface area contributed by atoms with Gasteiger partial charge in [-0.2, -0.15) is 0 Å². The van der Waals surface area contributed by atoms with Crippen molar-refractivity contribution >= 4 is 0 Å². The van der Waals surface area contributed by atoms with Gasteiger partial charge in [0.2, 0.25) is 0 Å². The summed E-state index contributed by atoms with van der Waals surface area (Å²) in [4.78, 5) is 0. The normalized spacial score (nSPS) is 15.6.